The van der Waals surface area contributed by atoms with Gasteiger partial charge in [0.25, 0.3) is 11.7 Å². The van der Waals surface area contributed by atoms with Crippen LogP contribution in [0.5, 0.6) is 17.2 Å². The predicted octanol–water partition coefficient (Wildman–Crippen LogP) is 5.69. The number of halogens is 1. The van der Waals surface area contributed by atoms with E-state index in [1.807, 2.05) is 26.0 Å². The van der Waals surface area contributed by atoms with Gasteiger partial charge in [-0.1, -0.05) is 41.9 Å². The Labute approximate surface area is 214 Å². The van der Waals surface area contributed by atoms with Gasteiger partial charge in [0.15, 0.2) is 0 Å². The molecular formula is C28H26ClNO6. The lowest BCUT2D eigenvalue weighted by Crippen LogP contribution is -2.30. The number of hydrogen-bond acceptors (Lipinski definition) is 6. The molecule has 8 heteroatoms. The number of carbonyl (C=O) groups is 2. The van der Waals surface area contributed by atoms with Gasteiger partial charge in [0.1, 0.15) is 23.0 Å². The molecule has 0 bridgehead atoms. The summed E-state index contributed by atoms with van der Waals surface area (Å²) in [7, 11) is 2.86. The average molecular weight is 508 g/mol. The largest absolute Gasteiger partial charge is 0.507 e. The van der Waals surface area contributed by atoms with Crippen LogP contribution in [-0.2, 0) is 9.59 Å². The van der Waals surface area contributed by atoms with Crippen LogP contribution in [0.25, 0.3) is 5.76 Å². The smallest absolute Gasteiger partial charge is 0.300 e. The Kier molecular flexibility index (Phi) is 7.22. The van der Waals surface area contributed by atoms with E-state index in [1.54, 1.807) is 36.4 Å². The fraction of sp³-hybridized carbons (Fsp3) is 0.214. The summed E-state index contributed by atoms with van der Waals surface area (Å²) < 4.78 is 16.4. The molecule has 1 saturated heterocycles. The first-order valence-corrected chi connectivity index (χ1v) is 11.7. The number of ether oxygens (including phenoxy) is 3. The lowest BCUT2D eigenvalue weighted by molar-refractivity contribution is -0.132. The van der Waals surface area contributed by atoms with Gasteiger partial charge >= 0.3 is 0 Å². The fourth-order valence-corrected chi connectivity index (χ4v) is 4.59. The number of Topliss-reactive ketones (excluding diaryl/α,β-unsaturated/α-hetero) is 1. The number of hydrogen-bond donors (Lipinski definition) is 1. The third-order valence-electron chi connectivity index (χ3n) is 6.03. The number of amides is 1. The van der Waals surface area contributed by atoms with Crippen LogP contribution >= 0.6 is 11.6 Å². The molecule has 36 heavy (non-hydrogen) atoms. The minimum Gasteiger partial charge on any atom is -0.507 e. The first-order chi connectivity index (χ1) is 17.3. The maximum atomic E-state index is 13.5. The first kappa shape index (κ1) is 25.1. The lowest BCUT2D eigenvalue weighted by Gasteiger charge is -2.27. The lowest BCUT2D eigenvalue weighted by atomic mass is 9.94. The number of aryl methyl sites for hydroxylation is 1. The number of benzene rings is 3. The number of nitrogens with zero attached hydrogens (tertiary/aromatic N) is 1. The standard InChI is InChI=1S/C28H26ClNO6/c1-5-36-18-11-8-10-17(13-18)25-24(26(31)19-14-23(35-4)20(29)15-22(19)34-3)27(32)28(33)30(25)21-12-7-6-9-16(21)2/h6-15,25,31H,5H2,1-4H3/b26-24+. The van der Waals surface area contributed by atoms with Gasteiger partial charge in [0.05, 0.1) is 43.0 Å². The zero-order valence-corrected chi connectivity index (χ0v) is 21.1. The minimum atomic E-state index is -0.919. The molecular weight excluding hydrogens is 482 g/mol. The number of aliphatic hydroxyl groups is 1. The zero-order valence-electron chi connectivity index (χ0n) is 20.4. The molecule has 0 aromatic heterocycles. The summed E-state index contributed by atoms with van der Waals surface area (Å²) in [4.78, 5) is 28.4. The summed E-state index contributed by atoms with van der Waals surface area (Å²) in [6.07, 6.45) is 0. The molecule has 0 spiro atoms. The Bertz CT molecular complexity index is 1370. The molecule has 1 aliphatic rings. The van der Waals surface area contributed by atoms with Crippen molar-refractivity contribution in [3.63, 3.8) is 0 Å². The molecule has 7 nitrogen and oxygen atoms in total. The second kappa shape index (κ2) is 10.3. The van der Waals surface area contributed by atoms with Crippen LogP contribution in [-0.4, -0.2) is 37.6 Å². The van der Waals surface area contributed by atoms with Crippen molar-refractivity contribution < 1.29 is 28.9 Å². The van der Waals surface area contributed by atoms with Crippen LogP contribution in [0, 0.1) is 6.92 Å². The van der Waals surface area contributed by atoms with E-state index in [9.17, 15) is 14.7 Å². The average Bonchev–Trinajstić information content (AvgIpc) is 3.14. The van der Waals surface area contributed by atoms with Crippen LogP contribution in [0.4, 0.5) is 5.69 Å². The van der Waals surface area contributed by atoms with Crippen LogP contribution in [0.3, 0.4) is 0 Å². The van der Waals surface area contributed by atoms with E-state index in [-0.39, 0.29) is 27.7 Å². The normalized spacial score (nSPS) is 16.8. The molecule has 1 unspecified atom stereocenters. The van der Waals surface area contributed by atoms with Gasteiger partial charge in [0.2, 0.25) is 0 Å². The van der Waals surface area contributed by atoms with Crippen LogP contribution in [0.2, 0.25) is 5.02 Å². The summed E-state index contributed by atoms with van der Waals surface area (Å²) in [6.45, 7) is 4.17. The van der Waals surface area contributed by atoms with Crippen molar-refractivity contribution >= 4 is 34.7 Å². The van der Waals surface area contributed by atoms with Crippen molar-refractivity contribution in [2.75, 3.05) is 25.7 Å². The molecule has 0 saturated carbocycles. The van der Waals surface area contributed by atoms with Gasteiger partial charge < -0.3 is 19.3 Å². The highest BCUT2D eigenvalue weighted by molar-refractivity contribution is 6.51. The predicted molar refractivity (Wildman–Crippen MR) is 138 cm³/mol. The molecule has 1 atom stereocenters. The van der Waals surface area contributed by atoms with Crippen LogP contribution < -0.4 is 19.1 Å². The zero-order chi connectivity index (χ0) is 26.0. The molecule has 1 N–H and O–H groups in total. The second-order valence-electron chi connectivity index (χ2n) is 8.15. The SMILES string of the molecule is CCOc1cccc(C2/C(=C(\O)c3cc(OC)c(Cl)cc3OC)C(=O)C(=O)N2c2ccccc2C)c1. The summed E-state index contributed by atoms with van der Waals surface area (Å²) in [6, 6.07) is 16.4. The van der Waals surface area contributed by atoms with Gasteiger partial charge in [-0.05, 0) is 49.2 Å². The van der Waals surface area contributed by atoms with Crippen molar-refractivity contribution in [1.82, 2.24) is 0 Å². The molecule has 1 fully saturated rings. The molecule has 3 aromatic carbocycles. The highest BCUT2D eigenvalue weighted by Crippen LogP contribution is 2.45. The van der Waals surface area contributed by atoms with Crippen molar-refractivity contribution in [2.24, 2.45) is 0 Å². The molecule has 4 rings (SSSR count). The molecule has 1 amide bonds. The van der Waals surface area contributed by atoms with E-state index in [0.717, 1.165) is 5.56 Å². The summed E-state index contributed by atoms with van der Waals surface area (Å²) in [5.41, 5.74) is 2.05. The van der Waals surface area contributed by atoms with E-state index in [2.05, 4.69) is 0 Å². The number of anilines is 1. The number of rotatable bonds is 7. The molecule has 186 valence electrons. The minimum absolute atomic E-state index is 0.0837. The van der Waals surface area contributed by atoms with Crippen molar-refractivity contribution in [3.8, 4) is 17.2 Å². The van der Waals surface area contributed by atoms with Gasteiger partial charge in [-0.15, -0.1) is 0 Å². The maximum Gasteiger partial charge on any atom is 0.300 e. The number of methoxy groups -OCH3 is 2. The summed E-state index contributed by atoms with van der Waals surface area (Å²) >= 11 is 6.24. The van der Waals surface area contributed by atoms with Crippen LogP contribution in [0.1, 0.15) is 29.7 Å². The van der Waals surface area contributed by atoms with E-state index in [1.165, 1.54) is 31.3 Å². The van der Waals surface area contributed by atoms with Crippen LogP contribution in [0.15, 0.2) is 66.2 Å². The number of para-hydroxylation sites is 1. The fourth-order valence-electron chi connectivity index (χ4n) is 4.36. The molecule has 1 heterocycles. The van der Waals surface area contributed by atoms with E-state index in [0.29, 0.717) is 23.6 Å². The van der Waals surface area contributed by atoms with Crippen molar-refractivity contribution in [1.29, 1.82) is 0 Å². The van der Waals surface area contributed by atoms with Gasteiger partial charge in [0, 0.05) is 11.8 Å². The van der Waals surface area contributed by atoms with Gasteiger partial charge in [-0.3, -0.25) is 14.5 Å². The Morgan fingerprint density at radius 3 is 2.39 bits per heavy atom. The second-order valence-corrected chi connectivity index (χ2v) is 8.56. The molecule has 3 aromatic rings. The third-order valence-corrected chi connectivity index (χ3v) is 6.33. The Balaban J connectivity index is 2.01. The maximum absolute atomic E-state index is 13.5. The molecule has 1 aliphatic heterocycles. The molecule has 0 aliphatic carbocycles. The number of aliphatic hydroxyl groups excluding tert-OH is 1. The Morgan fingerprint density at radius 1 is 1.00 bits per heavy atom. The number of ketones is 1. The van der Waals surface area contributed by atoms with E-state index < -0.39 is 23.5 Å². The van der Waals surface area contributed by atoms with Crippen molar-refractivity contribution in [2.45, 2.75) is 19.9 Å². The van der Waals surface area contributed by atoms with Gasteiger partial charge in [-0.25, -0.2) is 0 Å². The van der Waals surface area contributed by atoms with E-state index in [4.69, 9.17) is 25.8 Å². The highest BCUT2D eigenvalue weighted by atomic mass is 35.5. The Morgan fingerprint density at radius 2 is 1.72 bits per heavy atom. The molecule has 0 radical (unpaired) electrons. The Hall–Kier alpha value is -3.97. The first-order valence-electron chi connectivity index (χ1n) is 11.3. The summed E-state index contributed by atoms with van der Waals surface area (Å²) in [5, 5.41) is 11.8. The topological polar surface area (TPSA) is 85.3 Å². The van der Waals surface area contributed by atoms with Gasteiger partial charge in [-0.2, -0.15) is 0 Å². The monoisotopic (exact) mass is 507 g/mol. The van der Waals surface area contributed by atoms with Crippen molar-refractivity contribution in [3.05, 3.63) is 87.9 Å². The third kappa shape index (κ3) is 4.38. The van der Waals surface area contributed by atoms with E-state index >= 15 is 0 Å². The number of carbonyl (C=O) groups excluding carboxylic acids is 2. The highest BCUT2D eigenvalue weighted by Gasteiger charge is 2.47. The summed E-state index contributed by atoms with van der Waals surface area (Å²) in [5.74, 6) is -0.889. The quantitative estimate of drug-likeness (QED) is 0.251.